The Kier molecular flexibility index (Phi) is 8.50. The predicted molar refractivity (Wildman–Crippen MR) is 134 cm³/mol. The SMILES string of the molecule is N=C(N)c1ccc(N)c(CN2CC[C@H](NS(=O)(=O)c3cc4nc(Cl)ccc4s3)C2=O)c1.O=C(O)C(F)(F)F. The van der Waals surface area contributed by atoms with Crippen LogP contribution in [0, 0.1) is 5.41 Å². The number of carboxylic acid groups (broad SMARTS) is 1. The molecule has 1 saturated heterocycles. The number of fused-ring (bicyclic) bond motifs is 1. The third-order valence-corrected chi connectivity index (χ3v) is 8.48. The summed E-state index contributed by atoms with van der Waals surface area (Å²) in [6.07, 6.45) is -4.75. The van der Waals surface area contributed by atoms with E-state index in [2.05, 4.69) is 9.71 Å². The summed E-state index contributed by atoms with van der Waals surface area (Å²) in [4.78, 5) is 27.4. The van der Waals surface area contributed by atoms with E-state index in [-0.39, 0.29) is 27.6 Å². The zero-order chi connectivity index (χ0) is 28.4. The molecule has 0 radical (unpaired) electrons. The van der Waals surface area contributed by atoms with Crippen LogP contribution in [0.2, 0.25) is 5.15 Å². The van der Waals surface area contributed by atoms with Crippen molar-refractivity contribution in [3.63, 3.8) is 0 Å². The van der Waals surface area contributed by atoms with Crippen LogP contribution in [0.25, 0.3) is 10.2 Å². The lowest BCUT2D eigenvalue weighted by molar-refractivity contribution is -0.192. The number of benzene rings is 1. The molecular formula is C21H20ClF3N6O5S2. The molecule has 1 fully saturated rings. The number of anilines is 1. The first-order valence-electron chi connectivity index (χ1n) is 10.5. The number of aromatic nitrogens is 1. The largest absolute Gasteiger partial charge is 0.490 e. The van der Waals surface area contributed by atoms with Crippen molar-refractivity contribution in [2.75, 3.05) is 12.3 Å². The summed E-state index contributed by atoms with van der Waals surface area (Å²) in [5.74, 6) is -3.19. The number of nitrogen functional groups attached to an aromatic ring is 2. The van der Waals surface area contributed by atoms with E-state index in [1.54, 1.807) is 30.3 Å². The normalized spacial score (nSPS) is 15.8. The van der Waals surface area contributed by atoms with Crippen molar-refractivity contribution in [3.8, 4) is 0 Å². The van der Waals surface area contributed by atoms with E-state index in [1.807, 2.05) is 0 Å². The van der Waals surface area contributed by atoms with E-state index in [4.69, 9.17) is 38.4 Å². The van der Waals surface area contributed by atoms with E-state index < -0.39 is 28.2 Å². The number of alkyl halides is 3. The number of halogens is 4. The number of amidine groups is 1. The topological polar surface area (TPSA) is 193 Å². The lowest BCUT2D eigenvalue weighted by Crippen LogP contribution is -2.41. The van der Waals surface area contributed by atoms with Crippen molar-refractivity contribution >= 4 is 66.6 Å². The van der Waals surface area contributed by atoms with Gasteiger partial charge in [-0.1, -0.05) is 11.6 Å². The average Bonchev–Trinajstić information content (AvgIpc) is 3.39. The lowest BCUT2D eigenvalue weighted by Gasteiger charge is -2.19. The van der Waals surface area contributed by atoms with Gasteiger partial charge in [-0.05, 0) is 48.4 Å². The first kappa shape index (κ1) is 29.1. The molecule has 0 aliphatic carbocycles. The molecule has 1 aliphatic rings. The smallest absolute Gasteiger partial charge is 0.475 e. The van der Waals surface area contributed by atoms with Gasteiger partial charge >= 0.3 is 12.1 Å². The molecule has 0 saturated carbocycles. The van der Waals surface area contributed by atoms with Crippen LogP contribution in [0.3, 0.4) is 0 Å². The van der Waals surface area contributed by atoms with E-state index in [0.717, 1.165) is 11.3 Å². The van der Waals surface area contributed by atoms with Crippen LogP contribution >= 0.6 is 22.9 Å². The van der Waals surface area contributed by atoms with E-state index in [1.165, 1.54) is 11.0 Å². The molecule has 1 aromatic carbocycles. The Morgan fingerprint density at radius 2 is 1.95 bits per heavy atom. The van der Waals surface area contributed by atoms with Crippen molar-refractivity contribution in [2.45, 2.75) is 29.4 Å². The number of hydrogen-bond acceptors (Lipinski definition) is 8. The molecule has 17 heteroatoms. The van der Waals surface area contributed by atoms with Gasteiger partial charge in [-0.25, -0.2) is 18.2 Å². The van der Waals surface area contributed by atoms with Gasteiger partial charge in [0.15, 0.2) is 0 Å². The van der Waals surface area contributed by atoms with Crippen LogP contribution in [0.1, 0.15) is 17.5 Å². The van der Waals surface area contributed by atoms with Crippen molar-refractivity contribution in [1.29, 1.82) is 5.41 Å². The number of pyridine rings is 1. The molecule has 0 unspecified atom stereocenters. The molecule has 7 N–H and O–H groups in total. The number of carboxylic acids is 1. The van der Waals surface area contributed by atoms with Crippen LogP contribution in [-0.4, -0.2) is 59.9 Å². The summed E-state index contributed by atoms with van der Waals surface area (Å²) in [7, 11) is -3.91. The number of aliphatic carboxylic acids is 1. The quantitative estimate of drug-likeness (QED) is 0.125. The molecule has 2 aromatic heterocycles. The molecule has 204 valence electrons. The molecule has 0 spiro atoms. The summed E-state index contributed by atoms with van der Waals surface area (Å²) in [5, 5.41) is 15.0. The van der Waals surface area contributed by atoms with Gasteiger partial charge in [0.25, 0.3) is 10.0 Å². The third-order valence-electron chi connectivity index (χ3n) is 5.23. The maximum Gasteiger partial charge on any atom is 0.490 e. The fourth-order valence-electron chi connectivity index (χ4n) is 3.38. The van der Waals surface area contributed by atoms with Crippen molar-refractivity contribution in [1.82, 2.24) is 14.6 Å². The Morgan fingerprint density at radius 3 is 2.55 bits per heavy atom. The fourth-order valence-corrected chi connectivity index (χ4v) is 6.09. The van der Waals surface area contributed by atoms with Gasteiger partial charge in [0, 0.05) is 24.3 Å². The standard InChI is InChI=1S/C19H19ClN6O3S2.C2HF3O2/c20-16-4-3-15-14(24-16)8-17(30-15)31(28,29)25-13-5-6-26(19(13)27)9-11-7-10(18(22)23)1-2-12(11)21;3-2(4,5)1(6)7/h1-4,7-8,13,25H,5-6,9,21H2,(H3,22,23);(H,6,7)/t13-;/m0./s1. The van der Waals surface area contributed by atoms with Crippen LogP contribution < -0.4 is 16.2 Å². The molecule has 4 rings (SSSR count). The van der Waals surface area contributed by atoms with E-state index in [9.17, 15) is 26.4 Å². The minimum absolute atomic E-state index is 0.0712. The number of amides is 1. The molecule has 1 aliphatic heterocycles. The molecule has 0 bridgehead atoms. The second-order valence-corrected chi connectivity index (χ2v) is 11.3. The molecule has 1 amide bonds. The summed E-state index contributed by atoms with van der Waals surface area (Å²) < 4.78 is 60.7. The number of rotatable bonds is 6. The summed E-state index contributed by atoms with van der Waals surface area (Å²) in [6, 6.07) is 8.80. The van der Waals surface area contributed by atoms with Gasteiger partial charge in [0.1, 0.15) is 21.2 Å². The molecular weight excluding hydrogens is 573 g/mol. The Morgan fingerprint density at radius 1 is 1.29 bits per heavy atom. The maximum absolute atomic E-state index is 12.8. The van der Waals surface area contributed by atoms with Gasteiger partial charge in [-0.2, -0.15) is 17.9 Å². The zero-order valence-corrected chi connectivity index (χ0v) is 21.5. The second kappa shape index (κ2) is 11.1. The summed E-state index contributed by atoms with van der Waals surface area (Å²) in [6.45, 7) is 0.578. The van der Waals surface area contributed by atoms with Crippen LogP contribution in [0.5, 0.6) is 0 Å². The minimum atomic E-state index is -5.08. The highest BCUT2D eigenvalue weighted by molar-refractivity contribution is 7.91. The monoisotopic (exact) mass is 592 g/mol. The Labute approximate surface area is 222 Å². The van der Waals surface area contributed by atoms with Crippen LogP contribution in [0.15, 0.2) is 40.6 Å². The molecule has 1 atom stereocenters. The Bertz CT molecular complexity index is 1510. The number of nitrogens with two attached hydrogens (primary N) is 2. The van der Waals surface area contributed by atoms with E-state index >= 15 is 0 Å². The highest BCUT2D eigenvalue weighted by Crippen LogP contribution is 2.30. The lowest BCUT2D eigenvalue weighted by atomic mass is 10.1. The highest BCUT2D eigenvalue weighted by atomic mass is 35.5. The highest BCUT2D eigenvalue weighted by Gasteiger charge is 2.38. The fraction of sp³-hybridized carbons (Fsp3) is 0.238. The summed E-state index contributed by atoms with van der Waals surface area (Å²) >= 11 is 6.93. The maximum atomic E-state index is 12.8. The van der Waals surface area contributed by atoms with Crippen molar-refractivity contribution < 1.29 is 36.3 Å². The molecule has 11 nitrogen and oxygen atoms in total. The van der Waals surface area contributed by atoms with Gasteiger partial charge in [-0.15, -0.1) is 11.3 Å². The van der Waals surface area contributed by atoms with Gasteiger partial charge in [0.05, 0.1) is 10.2 Å². The second-order valence-electron chi connectivity index (χ2n) is 7.94. The van der Waals surface area contributed by atoms with Crippen LogP contribution in [-0.2, 0) is 26.2 Å². The van der Waals surface area contributed by atoms with Crippen molar-refractivity contribution in [3.05, 3.63) is 52.7 Å². The number of hydrogen-bond donors (Lipinski definition) is 5. The number of likely N-dealkylation sites (tertiary alicyclic amines) is 1. The number of sulfonamides is 1. The molecule has 3 heterocycles. The number of thiophene rings is 1. The van der Waals surface area contributed by atoms with Gasteiger partial charge < -0.3 is 21.5 Å². The van der Waals surface area contributed by atoms with E-state index in [0.29, 0.717) is 40.0 Å². The number of carbonyl (C=O) groups excluding carboxylic acids is 1. The zero-order valence-electron chi connectivity index (χ0n) is 19.1. The Hall–Kier alpha value is -3.47. The number of nitrogens with one attached hydrogen (secondary N) is 2. The number of nitrogens with zero attached hydrogens (tertiary/aromatic N) is 2. The predicted octanol–water partition coefficient (Wildman–Crippen LogP) is 2.53. The first-order valence-corrected chi connectivity index (χ1v) is 13.2. The van der Waals surface area contributed by atoms with Crippen LogP contribution in [0.4, 0.5) is 18.9 Å². The van der Waals surface area contributed by atoms with Crippen molar-refractivity contribution in [2.24, 2.45) is 5.73 Å². The third kappa shape index (κ3) is 6.89. The Balaban J connectivity index is 0.000000505. The average molecular weight is 593 g/mol. The summed E-state index contributed by atoms with van der Waals surface area (Å²) in [5.41, 5.74) is 13.6. The number of carbonyl (C=O) groups is 2. The minimum Gasteiger partial charge on any atom is -0.475 e. The molecule has 3 aromatic rings. The first-order chi connectivity index (χ1) is 17.6. The van der Waals surface area contributed by atoms with Gasteiger partial charge in [-0.3, -0.25) is 10.2 Å². The molecule has 38 heavy (non-hydrogen) atoms. The van der Waals surface area contributed by atoms with Gasteiger partial charge in [0.2, 0.25) is 5.91 Å².